The first-order chi connectivity index (χ1) is 9.63. The molecule has 0 saturated carbocycles. The molecule has 0 bridgehead atoms. The number of hydrogen-bond acceptors (Lipinski definition) is 3. The highest BCUT2D eigenvalue weighted by Crippen LogP contribution is 2.39. The fourth-order valence-electron chi connectivity index (χ4n) is 1.98. The number of fused-ring (bicyclic) bond motifs is 1. The highest BCUT2D eigenvalue weighted by atomic mass is 32.1. The number of anilines is 1. The summed E-state index contributed by atoms with van der Waals surface area (Å²) < 4.78 is 6.84. The van der Waals surface area contributed by atoms with Crippen molar-refractivity contribution in [3.05, 3.63) is 36.4 Å². The number of carbonyl (C=O) groups is 1. The number of hydrogen-bond donors (Lipinski definition) is 1. The Morgan fingerprint density at radius 3 is 2.85 bits per heavy atom. The van der Waals surface area contributed by atoms with Crippen LogP contribution in [0.1, 0.15) is 32.3 Å². The number of ether oxygens (including phenoxy) is 1. The Balaban J connectivity index is 2.37. The second-order valence-electron chi connectivity index (χ2n) is 4.61. The first-order valence-corrected chi connectivity index (χ1v) is 7.56. The summed E-state index contributed by atoms with van der Waals surface area (Å²) in [7, 11) is 0. The average Bonchev–Trinajstić information content (AvgIpc) is 2.75. The molecule has 1 aromatic heterocycles. The van der Waals surface area contributed by atoms with Crippen LogP contribution in [0.15, 0.2) is 30.8 Å². The molecule has 0 fully saturated rings. The fourth-order valence-corrected chi connectivity index (χ4v) is 3.15. The standard InChI is InChI=1S/C16H19NO2S/c1-4-5-10-19-11(2)15-13-8-6-7-9-14(13)20-16(15)17-12(3)18/h6-9H,2,4-5,10H2,1,3H3,(H,17,18). The van der Waals surface area contributed by atoms with Gasteiger partial charge >= 0.3 is 0 Å². The molecule has 1 amide bonds. The topological polar surface area (TPSA) is 38.3 Å². The van der Waals surface area contributed by atoms with Gasteiger partial charge in [-0.3, -0.25) is 4.79 Å². The van der Waals surface area contributed by atoms with Gasteiger partial charge in [0.1, 0.15) is 10.8 Å². The molecule has 20 heavy (non-hydrogen) atoms. The van der Waals surface area contributed by atoms with Crippen LogP contribution in [0, 0.1) is 0 Å². The monoisotopic (exact) mass is 289 g/mol. The molecule has 0 saturated heterocycles. The number of carbonyl (C=O) groups excluding carboxylic acids is 1. The maximum Gasteiger partial charge on any atom is 0.221 e. The summed E-state index contributed by atoms with van der Waals surface area (Å²) in [6.45, 7) is 8.30. The average molecular weight is 289 g/mol. The van der Waals surface area contributed by atoms with Crippen molar-refractivity contribution in [3.63, 3.8) is 0 Å². The van der Waals surface area contributed by atoms with Gasteiger partial charge in [0.25, 0.3) is 0 Å². The van der Waals surface area contributed by atoms with E-state index in [1.807, 2.05) is 24.3 Å². The van der Waals surface area contributed by atoms with Crippen LogP contribution in [-0.2, 0) is 9.53 Å². The molecule has 106 valence electrons. The summed E-state index contributed by atoms with van der Waals surface area (Å²) in [5, 5.41) is 4.75. The summed E-state index contributed by atoms with van der Waals surface area (Å²) >= 11 is 1.55. The lowest BCUT2D eigenvalue weighted by Gasteiger charge is -2.10. The molecule has 2 aromatic rings. The van der Waals surface area contributed by atoms with Gasteiger partial charge in [-0.05, 0) is 12.5 Å². The summed E-state index contributed by atoms with van der Waals surface area (Å²) in [6, 6.07) is 8.03. The van der Waals surface area contributed by atoms with E-state index in [0.29, 0.717) is 12.4 Å². The lowest BCUT2D eigenvalue weighted by Crippen LogP contribution is -2.06. The highest BCUT2D eigenvalue weighted by Gasteiger charge is 2.16. The first kappa shape index (κ1) is 14.6. The van der Waals surface area contributed by atoms with Crippen molar-refractivity contribution in [3.8, 4) is 0 Å². The largest absolute Gasteiger partial charge is 0.493 e. The normalized spacial score (nSPS) is 10.5. The molecule has 0 atom stereocenters. The number of benzene rings is 1. The molecule has 4 heteroatoms. The molecular formula is C16H19NO2S. The van der Waals surface area contributed by atoms with E-state index in [1.165, 1.54) is 6.92 Å². The Kier molecular flexibility index (Phi) is 4.79. The molecule has 1 aromatic carbocycles. The first-order valence-electron chi connectivity index (χ1n) is 6.74. The van der Waals surface area contributed by atoms with E-state index < -0.39 is 0 Å². The van der Waals surface area contributed by atoms with E-state index in [9.17, 15) is 4.79 Å². The van der Waals surface area contributed by atoms with E-state index in [4.69, 9.17) is 4.74 Å². The fraction of sp³-hybridized carbons (Fsp3) is 0.312. The molecule has 0 unspecified atom stereocenters. The van der Waals surface area contributed by atoms with Crippen LogP contribution < -0.4 is 5.32 Å². The predicted molar refractivity (Wildman–Crippen MR) is 86.0 cm³/mol. The van der Waals surface area contributed by atoms with Gasteiger partial charge in [-0.1, -0.05) is 38.1 Å². The van der Waals surface area contributed by atoms with E-state index in [0.717, 1.165) is 33.5 Å². The van der Waals surface area contributed by atoms with Gasteiger partial charge in [0, 0.05) is 17.0 Å². The second-order valence-corrected chi connectivity index (χ2v) is 5.66. The Hall–Kier alpha value is -1.81. The van der Waals surface area contributed by atoms with Crippen molar-refractivity contribution >= 4 is 38.1 Å². The van der Waals surface area contributed by atoms with Crippen molar-refractivity contribution < 1.29 is 9.53 Å². The van der Waals surface area contributed by atoms with Crippen LogP contribution in [0.3, 0.4) is 0 Å². The van der Waals surface area contributed by atoms with E-state index in [1.54, 1.807) is 11.3 Å². The Bertz CT molecular complexity index is 630. The highest BCUT2D eigenvalue weighted by molar-refractivity contribution is 7.23. The third-order valence-electron chi connectivity index (χ3n) is 2.94. The number of thiophene rings is 1. The number of unbranched alkanes of at least 4 members (excludes halogenated alkanes) is 1. The Labute approximate surface area is 123 Å². The molecular weight excluding hydrogens is 270 g/mol. The van der Waals surface area contributed by atoms with Gasteiger partial charge in [0.2, 0.25) is 5.91 Å². The van der Waals surface area contributed by atoms with Crippen molar-refractivity contribution in [2.75, 3.05) is 11.9 Å². The van der Waals surface area contributed by atoms with E-state index >= 15 is 0 Å². The van der Waals surface area contributed by atoms with E-state index in [2.05, 4.69) is 18.8 Å². The van der Waals surface area contributed by atoms with Crippen LogP contribution in [0.2, 0.25) is 0 Å². The van der Waals surface area contributed by atoms with Crippen molar-refractivity contribution in [2.45, 2.75) is 26.7 Å². The molecule has 1 N–H and O–H groups in total. The Morgan fingerprint density at radius 2 is 2.15 bits per heavy atom. The maximum atomic E-state index is 11.4. The molecule has 1 heterocycles. The maximum absolute atomic E-state index is 11.4. The van der Waals surface area contributed by atoms with Crippen LogP contribution in [0.25, 0.3) is 15.8 Å². The third kappa shape index (κ3) is 3.20. The molecule has 0 aliphatic carbocycles. The quantitative estimate of drug-likeness (QED) is 0.621. The summed E-state index contributed by atoms with van der Waals surface area (Å²) in [5.41, 5.74) is 0.900. The summed E-state index contributed by atoms with van der Waals surface area (Å²) in [6.07, 6.45) is 2.08. The lowest BCUT2D eigenvalue weighted by atomic mass is 10.1. The molecule has 0 aliphatic rings. The number of rotatable bonds is 6. The Morgan fingerprint density at radius 1 is 1.40 bits per heavy atom. The number of amides is 1. The van der Waals surface area contributed by atoms with E-state index in [-0.39, 0.29) is 5.91 Å². The SMILES string of the molecule is C=C(OCCCC)c1c(NC(C)=O)sc2ccccc12. The van der Waals surface area contributed by atoms with Gasteiger partial charge in [-0.2, -0.15) is 0 Å². The van der Waals surface area contributed by atoms with Crippen molar-refractivity contribution in [2.24, 2.45) is 0 Å². The third-order valence-corrected chi connectivity index (χ3v) is 4.02. The zero-order chi connectivity index (χ0) is 14.5. The van der Waals surface area contributed by atoms with Crippen molar-refractivity contribution in [1.82, 2.24) is 0 Å². The van der Waals surface area contributed by atoms with Gasteiger partial charge in [0.15, 0.2) is 0 Å². The molecule has 0 spiro atoms. The van der Waals surface area contributed by atoms with Crippen LogP contribution in [0.5, 0.6) is 0 Å². The minimum atomic E-state index is -0.0841. The predicted octanol–water partition coefficient (Wildman–Crippen LogP) is 4.65. The summed E-state index contributed by atoms with van der Waals surface area (Å²) in [5.74, 6) is 0.541. The van der Waals surface area contributed by atoms with Gasteiger partial charge < -0.3 is 10.1 Å². The molecule has 3 nitrogen and oxygen atoms in total. The van der Waals surface area contributed by atoms with Gasteiger partial charge in [0.05, 0.1) is 12.2 Å². The minimum absolute atomic E-state index is 0.0841. The van der Waals surface area contributed by atoms with Gasteiger partial charge in [-0.25, -0.2) is 0 Å². The van der Waals surface area contributed by atoms with Crippen LogP contribution >= 0.6 is 11.3 Å². The van der Waals surface area contributed by atoms with Crippen molar-refractivity contribution in [1.29, 1.82) is 0 Å². The molecule has 2 rings (SSSR count). The zero-order valence-corrected chi connectivity index (χ0v) is 12.7. The number of nitrogens with one attached hydrogen (secondary N) is 1. The zero-order valence-electron chi connectivity index (χ0n) is 11.9. The molecule has 0 radical (unpaired) electrons. The van der Waals surface area contributed by atoms with Crippen LogP contribution in [-0.4, -0.2) is 12.5 Å². The van der Waals surface area contributed by atoms with Gasteiger partial charge in [-0.15, -0.1) is 11.3 Å². The lowest BCUT2D eigenvalue weighted by molar-refractivity contribution is -0.114. The summed E-state index contributed by atoms with van der Waals surface area (Å²) in [4.78, 5) is 11.4. The minimum Gasteiger partial charge on any atom is -0.493 e. The second kappa shape index (κ2) is 6.57. The van der Waals surface area contributed by atoms with Crippen LogP contribution in [0.4, 0.5) is 5.00 Å². The molecule has 0 aliphatic heterocycles. The smallest absolute Gasteiger partial charge is 0.221 e.